The highest BCUT2D eigenvalue weighted by atomic mass is 16.6. The number of morpholine rings is 1. The minimum absolute atomic E-state index is 0.0266. The van der Waals surface area contributed by atoms with Crippen LogP contribution in [0.1, 0.15) is 57.1 Å². The van der Waals surface area contributed by atoms with Gasteiger partial charge in [0.05, 0.1) is 41.8 Å². The molecule has 0 aliphatic carbocycles. The number of fused-ring (bicyclic) bond motifs is 3. The second-order valence-electron chi connectivity index (χ2n) is 17.8. The van der Waals surface area contributed by atoms with Gasteiger partial charge in [-0.15, -0.1) is 6.58 Å². The van der Waals surface area contributed by atoms with Gasteiger partial charge in [0.1, 0.15) is 36.5 Å². The molecule has 6 unspecified atom stereocenters. The van der Waals surface area contributed by atoms with Gasteiger partial charge in [-0.25, -0.2) is 9.69 Å². The van der Waals surface area contributed by atoms with Crippen molar-refractivity contribution >= 4 is 35.3 Å². The molecule has 6 aromatic rings. The predicted octanol–water partition coefficient (Wildman–Crippen LogP) is 7.75. The largest absolute Gasteiger partial charge is 0.491 e. The number of amides is 3. The van der Waals surface area contributed by atoms with Crippen molar-refractivity contribution in [2.24, 2.45) is 5.92 Å². The molecule has 3 aliphatic rings. The third-order valence-corrected chi connectivity index (χ3v) is 13.3. The quantitative estimate of drug-likeness (QED) is 0.0336. The second-order valence-corrected chi connectivity index (χ2v) is 17.8. The number of hydrogen-bond donors (Lipinski definition) is 2. The number of aliphatic hydroxyl groups is 1. The average molecular weight is 966 g/mol. The van der Waals surface area contributed by atoms with E-state index in [1.807, 2.05) is 103 Å². The molecular formula is C57H51N5O10. The number of non-ortho nitro benzene ring substituents is 1. The number of esters is 1. The van der Waals surface area contributed by atoms with Gasteiger partial charge < -0.3 is 24.6 Å². The molecule has 15 nitrogen and oxygen atoms in total. The Morgan fingerprint density at radius 3 is 2.22 bits per heavy atom. The van der Waals surface area contributed by atoms with Crippen molar-refractivity contribution in [1.29, 1.82) is 0 Å². The van der Waals surface area contributed by atoms with E-state index in [0.29, 0.717) is 46.7 Å². The summed E-state index contributed by atoms with van der Waals surface area (Å²) >= 11 is 0. The van der Waals surface area contributed by atoms with Crippen LogP contribution in [0.2, 0.25) is 0 Å². The molecule has 3 heterocycles. The van der Waals surface area contributed by atoms with E-state index in [1.54, 1.807) is 42.5 Å². The minimum Gasteiger partial charge on any atom is -0.491 e. The normalized spacial score (nSPS) is 21.0. The number of cyclic esters (lactones) is 1. The fraction of sp³-hybridized carbons (Fsp3) is 0.228. The Morgan fingerprint density at radius 1 is 0.861 bits per heavy atom. The minimum atomic E-state index is -2.10. The summed E-state index contributed by atoms with van der Waals surface area (Å²) in [4.78, 5) is 77.8. The number of nitrogens with one attached hydrogen (secondary N) is 1. The summed E-state index contributed by atoms with van der Waals surface area (Å²) in [5.74, 6) is 3.00. The zero-order valence-electron chi connectivity index (χ0n) is 39.3. The fourth-order valence-electron chi connectivity index (χ4n) is 10.3. The molecule has 0 aromatic heterocycles. The lowest BCUT2D eigenvalue weighted by Crippen LogP contribution is -2.55. The number of rotatable bonds is 15. The highest BCUT2D eigenvalue weighted by Crippen LogP contribution is 2.66. The van der Waals surface area contributed by atoms with E-state index in [1.165, 1.54) is 30.3 Å². The Labute approximate surface area is 416 Å². The van der Waals surface area contributed by atoms with E-state index in [-0.39, 0.29) is 43.3 Å². The first kappa shape index (κ1) is 48.6. The van der Waals surface area contributed by atoms with Gasteiger partial charge in [0, 0.05) is 30.8 Å². The number of aliphatic hydroxyl groups excluding tert-OH is 1. The van der Waals surface area contributed by atoms with Gasteiger partial charge in [-0.05, 0) is 82.9 Å². The van der Waals surface area contributed by atoms with Gasteiger partial charge in [-0.2, -0.15) is 0 Å². The molecule has 1 spiro atoms. The second kappa shape index (κ2) is 21.3. The molecule has 2 N–H and O–H groups in total. The van der Waals surface area contributed by atoms with Crippen molar-refractivity contribution in [3.8, 4) is 17.6 Å². The smallest absolute Gasteiger partial charge is 0.421 e. The molecule has 6 atom stereocenters. The average Bonchev–Trinajstić information content (AvgIpc) is 3.86. The number of benzene rings is 6. The van der Waals surface area contributed by atoms with E-state index in [9.17, 15) is 20.0 Å². The van der Waals surface area contributed by atoms with Crippen molar-refractivity contribution in [2.75, 3.05) is 38.3 Å². The molecule has 72 heavy (non-hydrogen) atoms. The van der Waals surface area contributed by atoms with Crippen LogP contribution >= 0.6 is 0 Å². The van der Waals surface area contributed by atoms with Crippen LogP contribution < -0.4 is 15.0 Å². The van der Waals surface area contributed by atoms with Crippen molar-refractivity contribution in [3.63, 3.8) is 0 Å². The van der Waals surface area contributed by atoms with Crippen LogP contribution in [0.25, 0.3) is 0 Å². The van der Waals surface area contributed by atoms with Gasteiger partial charge >= 0.3 is 12.1 Å². The van der Waals surface area contributed by atoms with Gasteiger partial charge in [-0.1, -0.05) is 121 Å². The number of nitro groups is 1. The van der Waals surface area contributed by atoms with Crippen molar-refractivity contribution in [2.45, 2.75) is 42.8 Å². The molecule has 15 heteroatoms. The van der Waals surface area contributed by atoms with Crippen molar-refractivity contribution < 1.29 is 43.4 Å². The summed E-state index contributed by atoms with van der Waals surface area (Å²) in [6.07, 6.45) is -0.552. The van der Waals surface area contributed by atoms with E-state index < -0.39 is 64.4 Å². The summed E-state index contributed by atoms with van der Waals surface area (Å²) in [6.45, 7) is 4.10. The van der Waals surface area contributed by atoms with Crippen LogP contribution in [-0.4, -0.2) is 83.1 Å². The van der Waals surface area contributed by atoms with Gasteiger partial charge in [0.25, 0.3) is 5.69 Å². The number of imide groups is 1. The summed E-state index contributed by atoms with van der Waals surface area (Å²) < 4.78 is 18.4. The van der Waals surface area contributed by atoms with Crippen molar-refractivity contribution in [3.05, 3.63) is 219 Å². The Hall–Kier alpha value is -8.42. The molecule has 0 saturated carbocycles. The van der Waals surface area contributed by atoms with Gasteiger partial charge in [0.2, 0.25) is 11.8 Å². The first-order chi connectivity index (χ1) is 35.0. The first-order valence-corrected chi connectivity index (χ1v) is 23.5. The molecule has 0 bridgehead atoms. The lowest BCUT2D eigenvalue weighted by Gasteiger charge is -2.46. The van der Waals surface area contributed by atoms with E-state index >= 15 is 14.4 Å². The van der Waals surface area contributed by atoms with Gasteiger partial charge in [0.15, 0.2) is 0 Å². The number of carbonyl (C=O) groups is 4. The third-order valence-electron chi connectivity index (χ3n) is 13.3. The number of nitrogens with zero attached hydrogens (tertiary/aromatic N) is 4. The molecular weight excluding hydrogens is 915 g/mol. The monoisotopic (exact) mass is 965 g/mol. The third kappa shape index (κ3) is 9.34. The summed E-state index contributed by atoms with van der Waals surface area (Å²) in [5.41, 5.74) is 1.90. The van der Waals surface area contributed by atoms with Crippen molar-refractivity contribution in [1.82, 2.24) is 15.1 Å². The number of ether oxygens (including phenoxy) is 3. The standard InChI is InChI=1S/C57H51N5O10/c1-3-30-58-53(64)48-50-54(65)72-51(42-20-11-6-12-21-42)49(41-18-9-5-10-19-41)61(50)52(43-22-13-23-45(35-43)70-33-32-63)57(48)46-34-38(17-14-31-59(2)36-39-15-7-4-8-16-39)26-29-47(46)60(55(57)66)56(67)71-37-40-24-27-44(28-25-40)62(68)69/h3-13,15-16,18-29,34-35,48-52,63H,1,30-33,36-37H2,2H3,(H,58,64). The Kier molecular flexibility index (Phi) is 14.4. The van der Waals surface area contributed by atoms with Gasteiger partial charge in [-0.3, -0.25) is 34.3 Å². The van der Waals surface area contributed by atoms with Crippen LogP contribution in [0.4, 0.5) is 16.2 Å². The Morgan fingerprint density at radius 2 is 1.54 bits per heavy atom. The number of anilines is 1. The van der Waals surface area contributed by atoms with Crippen LogP contribution in [0, 0.1) is 27.9 Å². The zero-order chi connectivity index (χ0) is 50.4. The highest BCUT2D eigenvalue weighted by Gasteiger charge is 2.75. The number of nitro benzene ring substituents is 1. The van der Waals surface area contributed by atoms with E-state index in [2.05, 4.69) is 28.6 Å². The summed E-state index contributed by atoms with van der Waals surface area (Å²) in [7, 11) is 1.95. The highest BCUT2D eigenvalue weighted by molar-refractivity contribution is 6.23. The van der Waals surface area contributed by atoms with Crippen LogP contribution in [-0.2, 0) is 42.4 Å². The van der Waals surface area contributed by atoms with Crippen LogP contribution in [0.5, 0.6) is 5.75 Å². The Bertz CT molecular complexity index is 3050. The lowest BCUT2D eigenvalue weighted by atomic mass is 9.65. The number of hydrogen-bond acceptors (Lipinski definition) is 12. The SMILES string of the molecule is C=CCNC(=O)C1C2C(=O)OC(c3ccccc3)C(c3ccccc3)N2C(c2cccc(OCCO)c2)C12C(=O)N(C(=O)OCc1ccc([N+](=O)[O-])cc1)c1ccc(C#CCN(C)Cc3ccccc3)cc12. The summed E-state index contributed by atoms with van der Waals surface area (Å²) in [6, 6.07) is 42.5. The molecule has 6 aromatic carbocycles. The van der Waals surface area contributed by atoms with E-state index in [0.717, 1.165) is 10.5 Å². The Balaban J connectivity index is 1.27. The zero-order valence-corrected chi connectivity index (χ0v) is 39.3. The predicted molar refractivity (Wildman–Crippen MR) is 267 cm³/mol. The molecule has 364 valence electrons. The molecule has 0 radical (unpaired) electrons. The first-order valence-electron chi connectivity index (χ1n) is 23.5. The van der Waals surface area contributed by atoms with E-state index in [4.69, 9.17) is 14.2 Å². The summed E-state index contributed by atoms with van der Waals surface area (Å²) in [5, 5.41) is 24.1. The van der Waals surface area contributed by atoms with Crippen LogP contribution in [0.3, 0.4) is 0 Å². The molecule has 3 aliphatic heterocycles. The lowest BCUT2D eigenvalue weighted by molar-refractivity contribution is -0.384. The maximum absolute atomic E-state index is 16.5. The topological polar surface area (TPSA) is 181 Å². The molecule has 9 rings (SSSR count). The number of carbonyl (C=O) groups excluding carboxylic acids is 4. The molecule has 2 saturated heterocycles. The molecule has 3 amide bonds. The van der Waals surface area contributed by atoms with Crippen LogP contribution in [0.15, 0.2) is 170 Å². The maximum Gasteiger partial charge on any atom is 0.421 e. The fourth-order valence-corrected chi connectivity index (χ4v) is 10.3. The molecule has 2 fully saturated rings. The maximum atomic E-state index is 16.5.